The third kappa shape index (κ3) is 4.50. The number of halogens is 3. The molecule has 1 aliphatic heterocycles. The lowest BCUT2D eigenvalue weighted by atomic mass is 10.1. The Morgan fingerprint density at radius 1 is 1.03 bits per heavy atom. The average molecular weight is 406 g/mol. The lowest BCUT2D eigenvalue weighted by Gasteiger charge is -2.36. The molecule has 156 valence electrons. The summed E-state index contributed by atoms with van der Waals surface area (Å²) in [4.78, 5) is 4.10. The van der Waals surface area contributed by atoms with Gasteiger partial charge >= 0.3 is 6.18 Å². The zero-order valence-electron chi connectivity index (χ0n) is 16.8. The number of benzene rings is 1. The van der Waals surface area contributed by atoms with Crippen molar-refractivity contribution in [3.8, 4) is 0 Å². The molecule has 0 bridgehead atoms. The highest BCUT2D eigenvalue weighted by Gasteiger charge is 2.30. The summed E-state index contributed by atoms with van der Waals surface area (Å²) in [6.07, 6.45) is -4.41. The van der Waals surface area contributed by atoms with Crippen molar-refractivity contribution < 1.29 is 13.2 Å². The summed E-state index contributed by atoms with van der Waals surface area (Å²) in [6.45, 7) is 7.53. The number of amidine groups is 1. The van der Waals surface area contributed by atoms with Crippen molar-refractivity contribution in [2.24, 2.45) is 7.05 Å². The van der Waals surface area contributed by atoms with Crippen LogP contribution in [-0.4, -0.2) is 57.3 Å². The van der Waals surface area contributed by atoms with Crippen LogP contribution in [0.5, 0.6) is 0 Å². The normalized spacial score (nSPS) is 15.6. The Hall–Kier alpha value is -2.68. The number of hydrogen-bond donors (Lipinski definition) is 2. The van der Waals surface area contributed by atoms with Crippen LogP contribution in [0.15, 0.2) is 24.3 Å². The van der Waals surface area contributed by atoms with Gasteiger partial charge in [0.15, 0.2) is 0 Å². The van der Waals surface area contributed by atoms with Crippen LogP contribution in [0.1, 0.15) is 28.1 Å². The predicted molar refractivity (Wildman–Crippen MR) is 106 cm³/mol. The third-order valence-corrected chi connectivity index (χ3v) is 5.47. The monoisotopic (exact) mass is 406 g/mol. The number of aryl methyl sites for hydroxylation is 2. The summed E-state index contributed by atoms with van der Waals surface area (Å²) < 4.78 is 40.0. The van der Waals surface area contributed by atoms with E-state index in [-0.39, 0.29) is 11.5 Å². The molecule has 1 aromatic carbocycles. The number of piperazine rings is 1. The maximum atomic E-state index is 12.7. The standard InChI is InChI=1S/C20H25F3N6/c1-13-17(14(2)27(3)26-13)12-28-8-10-29(11-9-28)19(25)18(24)15-4-6-16(7-5-15)20(21,22)23/h4-7,24-25H,8-12H2,1-3H3. The molecule has 0 radical (unpaired) electrons. The van der Waals surface area contributed by atoms with E-state index in [0.29, 0.717) is 18.7 Å². The van der Waals surface area contributed by atoms with Gasteiger partial charge in [0.05, 0.1) is 11.3 Å². The number of nitrogens with one attached hydrogen (secondary N) is 2. The molecule has 1 saturated heterocycles. The van der Waals surface area contributed by atoms with Crippen molar-refractivity contribution in [2.45, 2.75) is 26.6 Å². The van der Waals surface area contributed by atoms with E-state index in [9.17, 15) is 13.2 Å². The second kappa shape index (κ2) is 7.98. The minimum Gasteiger partial charge on any atom is -0.353 e. The number of alkyl halides is 3. The van der Waals surface area contributed by atoms with E-state index in [4.69, 9.17) is 10.8 Å². The summed E-state index contributed by atoms with van der Waals surface area (Å²) in [5.74, 6) is 0.0400. The van der Waals surface area contributed by atoms with E-state index in [1.165, 1.54) is 17.7 Å². The molecule has 0 amide bonds. The van der Waals surface area contributed by atoms with Crippen LogP contribution in [0.2, 0.25) is 0 Å². The summed E-state index contributed by atoms with van der Waals surface area (Å²) in [5, 5.41) is 21.0. The fraction of sp³-hybridized carbons (Fsp3) is 0.450. The van der Waals surface area contributed by atoms with E-state index in [1.54, 1.807) is 4.90 Å². The summed E-state index contributed by atoms with van der Waals surface area (Å²) in [6, 6.07) is 4.41. The van der Waals surface area contributed by atoms with Gasteiger partial charge < -0.3 is 4.90 Å². The maximum absolute atomic E-state index is 12.7. The van der Waals surface area contributed by atoms with Gasteiger partial charge in [-0.3, -0.25) is 20.4 Å². The van der Waals surface area contributed by atoms with Crippen LogP contribution < -0.4 is 0 Å². The lowest BCUT2D eigenvalue weighted by Crippen LogP contribution is -2.50. The lowest BCUT2D eigenvalue weighted by molar-refractivity contribution is -0.137. The molecular weight excluding hydrogens is 381 g/mol. The van der Waals surface area contributed by atoms with Crippen LogP contribution >= 0.6 is 0 Å². The topological polar surface area (TPSA) is 72.0 Å². The summed E-state index contributed by atoms with van der Waals surface area (Å²) in [7, 11) is 1.93. The van der Waals surface area contributed by atoms with Crippen LogP contribution in [0.3, 0.4) is 0 Å². The highest BCUT2D eigenvalue weighted by molar-refractivity contribution is 6.45. The first kappa shape index (κ1) is 21.0. The molecule has 29 heavy (non-hydrogen) atoms. The molecule has 2 heterocycles. The quantitative estimate of drug-likeness (QED) is 0.605. The van der Waals surface area contributed by atoms with Crippen LogP contribution in [0, 0.1) is 24.7 Å². The molecule has 0 spiro atoms. The molecule has 2 N–H and O–H groups in total. The Morgan fingerprint density at radius 3 is 2.10 bits per heavy atom. The Bertz CT molecular complexity index is 906. The molecule has 6 nitrogen and oxygen atoms in total. The average Bonchev–Trinajstić information content (AvgIpc) is 2.93. The summed E-state index contributed by atoms with van der Waals surface area (Å²) in [5.41, 5.74) is 2.87. The zero-order chi connectivity index (χ0) is 21.3. The van der Waals surface area contributed by atoms with Crippen molar-refractivity contribution in [2.75, 3.05) is 26.2 Å². The van der Waals surface area contributed by atoms with Gasteiger partial charge in [-0.1, -0.05) is 12.1 Å². The van der Waals surface area contributed by atoms with E-state index in [0.717, 1.165) is 43.2 Å². The largest absolute Gasteiger partial charge is 0.416 e. The highest BCUT2D eigenvalue weighted by Crippen LogP contribution is 2.29. The molecule has 0 atom stereocenters. The molecule has 1 fully saturated rings. The summed E-state index contributed by atoms with van der Waals surface area (Å²) >= 11 is 0. The van der Waals surface area contributed by atoms with Gasteiger partial charge in [-0.05, 0) is 26.0 Å². The SMILES string of the molecule is Cc1nn(C)c(C)c1CN1CCN(C(=N)C(=N)c2ccc(C(F)(F)F)cc2)CC1. The first-order chi connectivity index (χ1) is 13.6. The zero-order valence-corrected chi connectivity index (χ0v) is 16.8. The van der Waals surface area contributed by atoms with E-state index >= 15 is 0 Å². The third-order valence-electron chi connectivity index (χ3n) is 5.47. The molecule has 9 heteroatoms. The molecule has 0 aliphatic carbocycles. The predicted octanol–water partition coefficient (Wildman–Crippen LogP) is 3.22. The van der Waals surface area contributed by atoms with Crippen molar-refractivity contribution in [1.82, 2.24) is 19.6 Å². The fourth-order valence-corrected chi connectivity index (χ4v) is 3.52. The molecule has 1 aliphatic rings. The van der Waals surface area contributed by atoms with Crippen molar-refractivity contribution >= 4 is 11.5 Å². The second-order valence-corrected chi connectivity index (χ2v) is 7.33. The molecule has 0 unspecified atom stereocenters. The maximum Gasteiger partial charge on any atom is 0.416 e. The number of rotatable bonds is 4. The smallest absolute Gasteiger partial charge is 0.353 e. The fourth-order valence-electron chi connectivity index (χ4n) is 3.52. The van der Waals surface area contributed by atoms with Gasteiger partial charge in [0.1, 0.15) is 11.5 Å². The molecular formula is C20H25F3N6. The Labute approximate surface area is 167 Å². The molecule has 3 rings (SSSR count). The minimum absolute atomic E-state index is 0.0400. The van der Waals surface area contributed by atoms with Gasteiger partial charge in [-0.25, -0.2) is 0 Å². The number of nitrogens with zero attached hydrogens (tertiary/aromatic N) is 4. The first-order valence-electron chi connectivity index (χ1n) is 9.39. The minimum atomic E-state index is -4.41. The van der Waals surface area contributed by atoms with Crippen LogP contribution in [0.4, 0.5) is 13.2 Å². The van der Waals surface area contributed by atoms with Crippen molar-refractivity contribution in [3.63, 3.8) is 0 Å². The molecule has 0 saturated carbocycles. The van der Waals surface area contributed by atoms with Crippen LogP contribution in [-0.2, 0) is 19.8 Å². The van der Waals surface area contributed by atoms with Gasteiger partial charge in [0, 0.05) is 56.6 Å². The van der Waals surface area contributed by atoms with Crippen LogP contribution in [0.25, 0.3) is 0 Å². The van der Waals surface area contributed by atoms with E-state index in [2.05, 4.69) is 10.00 Å². The Kier molecular flexibility index (Phi) is 5.79. The molecule has 2 aromatic rings. The Balaban J connectivity index is 1.59. The second-order valence-electron chi connectivity index (χ2n) is 7.33. The number of hydrogen-bond acceptors (Lipinski definition) is 4. The van der Waals surface area contributed by atoms with Gasteiger partial charge in [-0.15, -0.1) is 0 Å². The molecule has 1 aromatic heterocycles. The van der Waals surface area contributed by atoms with Gasteiger partial charge in [0.25, 0.3) is 0 Å². The van der Waals surface area contributed by atoms with Crippen molar-refractivity contribution in [1.29, 1.82) is 10.8 Å². The van der Waals surface area contributed by atoms with Crippen molar-refractivity contribution in [3.05, 3.63) is 52.3 Å². The number of aromatic nitrogens is 2. The van der Waals surface area contributed by atoms with E-state index < -0.39 is 11.7 Å². The van der Waals surface area contributed by atoms with Gasteiger partial charge in [0.2, 0.25) is 0 Å². The van der Waals surface area contributed by atoms with Gasteiger partial charge in [-0.2, -0.15) is 18.3 Å². The van der Waals surface area contributed by atoms with E-state index in [1.807, 2.05) is 25.6 Å². The highest BCUT2D eigenvalue weighted by atomic mass is 19.4. The first-order valence-corrected chi connectivity index (χ1v) is 9.39. The Morgan fingerprint density at radius 2 is 1.62 bits per heavy atom.